The number of hydrazine groups is 1. The molecule has 0 saturated carbocycles. The second-order valence-electron chi connectivity index (χ2n) is 5.41. The van der Waals surface area contributed by atoms with E-state index in [1.807, 2.05) is 18.7 Å². The fourth-order valence-electron chi connectivity index (χ4n) is 2.94. The molecule has 0 aliphatic carbocycles. The maximum Gasteiger partial charge on any atom is 0.0746 e. The fraction of sp³-hybridized carbons (Fsp3) is 0.235. The Morgan fingerprint density at radius 3 is 2.43 bits per heavy atom. The van der Waals surface area contributed by atoms with Crippen molar-refractivity contribution in [3.63, 3.8) is 0 Å². The van der Waals surface area contributed by atoms with Crippen LogP contribution in [0.4, 0.5) is 0 Å². The zero-order valence-corrected chi connectivity index (χ0v) is 12.6. The van der Waals surface area contributed by atoms with E-state index < -0.39 is 0 Å². The number of aryl methyl sites for hydroxylation is 2. The lowest BCUT2D eigenvalue weighted by molar-refractivity contribution is 0.629. The molecule has 1 heterocycles. The SMILES string of the molecule is Cc1nn(C)c(C)c1C(NN)c1ccc2ccccc2c1. The molecule has 1 aromatic heterocycles. The molecule has 1 atom stereocenters. The number of hydrogen-bond acceptors (Lipinski definition) is 3. The van der Waals surface area contributed by atoms with Crippen molar-refractivity contribution in [1.29, 1.82) is 0 Å². The van der Waals surface area contributed by atoms with Crippen LogP contribution in [-0.4, -0.2) is 9.78 Å². The summed E-state index contributed by atoms with van der Waals surface area (Å²) in [6.07, 6.45) is 0. The summed E-state index contributed by atoms with van der Waals surface area (Å²) in [5, 5.41) is 6.94. The van der Waals surface area contributed by atoms with Crippen molar-refractivity contribution in [2.75, 3.05) is 0 Å². The summed E-state index contributed by atoms with van der Waals surface area (Å²) >= 11 is 0. The minimum absolute atomic E-state index is 0.0525. The van der Waals surface area contributed by atoms with Crippen LogP contribution in [0.25, 0.3) is 10.8 Å². The third-order valence-electron chi connectivity index (χ3n) is 4.13. The highest BCUT2D eigenvalue weighted by atomic mass is 15.3. The topological polar surface area (TPSA) is 55.9 Å². The minimum atomic E-state index is -0.0525. The molecule has 0 radical (unpaired) electrons. The molecule has 0 spiro atoms. The van der Waals surface area contributed by atoms with E-state index in [9.17, 15) is 0 Å². The van der Waals surface area contributed by atoms with Crippen molar-refractivity contribution >= 4 is 10.8 Å². The number of hydrogen-bond donors (Lipinski definition) is 2. The maximum atomic E-state index is 5.84. The van der Waals surface area contributed by atoms with Crippen LogP contribution in [0.2, 0.25) is 0 Å². The van der Waals surface area contributed by atoms with Crippen LogP contribution in [0.1, 0.15) is 28.6 Å². The first-order valence-electron chi connectivity index (χ1n) is 7.06. The highest BCUT2D eigenvalue weighted by Gasteiger charge is 2.20. The first-order chi connectivity index (χ1) is 10.1. The van der Waals surface area contributed by atoms with E-state index in [0.717, 1.165) is 22.5 Å². The van der Waals surface area contributed by atoms with Gasteiger partial charge in [-0.15, -0.1) is 0 Å². The van der Waals surface area contributed by atoms with Crippen LogP contribution < -0.4 is 11.3 Å². The Bertz CT molecular complexity index is 789. The quantitative estimate of drug-likeness (QED) is 0.573. The van der Waals surface area contributed by atoms with E-state index in [4.69, 9.17) is 5.84 Å². The van der Waals surface area contributed by atoms with Crippen LogP contribution in [-0.2, 0) is 7.05 Å². The van der Waals surface area contributed by atoms with Gasteiger partial charge in [0.1, 0.15) is 0 Å². The molecule has 21 heavy (non-hydrogen) atoms. The van der Waals surface area contributed by atoms with Gasteiger partial charge in [0.05, 0.1) is 11.7 Å². The zero-order chi connectivity index (χ0) is 15.0. The van der Waals surface area contributed by atoms with Crippen molar-refractivity contribution in [3.05, 3.63) is 65.0 Å². The number of nitrogens with zero attached hydrogens (tertiary/aromatic N) is 2. The molecule has 2 aromatic carbocycles. The van der Waals surface area contributed by atoms with Crippen molar-refractivity contribution < 1.29 is 0 Å². The van der Waals surface area contributed by atoms with Crippen LogP contribution in [0.15, 0.2) is 42.5 Å². The lowest BCUT2D eigenvalue weighted by Gasteiger charge is -2.18. The van der Waals surface area contributed by atoms with Gasteiger partial charge < -0.3 is 0 Å². The first-order valence-corrected chi connectivity index (χ1v) is 7.06. The second-order valence-corrected chi connectivity index (χ2v) is 5.41. The number of rotatable bonds is 3. The number of nitrogens with one attached hydrogen (secondary N) is 1. The van der Waals surface area contributed by atoms with Crippen molar-refractivity contribution in [1.82, 2.24) is 15.2 Å². The van der Waals surface area contributed by atoms with E-state index in [1.165, 1.54) is 10.8 Å². The summed E-state index contributed by atoms with van der Waals surface area (Å²) in [4.78, 5) is 0. The van der Waals surface area contributed by atoms with Gasteiger partial charge in [0.15, 0.2) is 0 Å². The summed E-state index contributed by atoms with van der Waals surface area (Å²) in [5.74, 6) is 5.84. The highest BCUT2D eigenvalue weighted by molar-refractivity contribution is 5.83. The predicted octanol–water partition coefficient (Wildman–Crippen LogP) is 2.74. The highest BCUT2D eigenvalue weighted by Crippen LogP contribution is 2.28. The number of fused-ring (bicyclic) bond motifs is 1. The average Bonchev–Trinajstić information content (AvgIpc) is 2.74. The largest absolute Gasteiger partial charge is 0.272 e. The van der Waals surface area contributed by atoms with Gasteiger partial charge in [-0.05, 0) is 36.2 Å². The molecule has 4 heteroatoms. The van der Waals surface area contributed by atoms with Crippen molar-refractivity contribution in [2.45, 2.75) is 19.9 Å². The molecule has 108 valence electrons. The lowest BCUT2D eigenvalue weighted by atomic mass is 9.95. The van der Waals surface area contributed by atoms with Crippen LogP contribution in [0.3, 0.4) is 0 Å². The molecule has 0 amide bonds. The van der Waals surface area contributed by atoms with E-state index in [2.05, 4.69) is 59.9 Å². The third-order valence-corrected chi connectivity index (χ3v) is 4.13. The Hall–Kier alpha value is -2.17. The van der Waals surface area contributed by atoms with Gasteiger partial charge in [-0.2, -0.15) is 5.10 Å². The molecule has 1 unspecified atom stereocenters. The third kappa shape index (κ3) is 2.33. The van der Waals surface area contributed by atoms with Crippen molar-refractivity contribution in [3.8, 4) is 0 Å². The van der Waals surface area contributed by atoms with Crippen molar-refractivity contribution in [2.24, 2.45) is 12.9 Å². The summed E-state index contributed by atoms with van der Waals surface area (Å²) < 4.78 is 1.90. The molecule has 3 N–H and O–H groups in total. The van der Waals surface area contributed by atoms with Gasteiger partial charge in [0.25, 0.3) is 0 Å². The lowest BCUT2D eigenvalue weighted by Crippen LogP contribution is -2.29. The van der Waals surface area contributed by atoms with Gasteiger partial charge >= 0.3 is 0 Å². The standard InChI is InChI=1S/C17H20N4/c1-11-16(12(2)21(3)20-11)17(19-18)15-9-8-13-6-4-5-7-14(13)10-15/h4-10,17,19H,18H2,1-3H3. The normalized spacial score (nSPS) is 12.8. The minimum Gasteiger partial charge on any atom is -0.272 e. The van der Waals surface area contributed by atoms with Crippen LogP contribution in [0.5, 0.6) is 0 Å². The Balaban J connectivity index is 2.13. The van der Waals surface area contributed by atoms with Gasteiger partial charge in [-0.1, -0.05) is 36.4 Å². The molecular formula is C17H20N4. The maximum absolute atomic E-state index is 5.84. The van der Waals surface area contributed by atoms with E-state index in [-0.39, 0.29) is 6.04 Å². The zero-order valence-electron chi connectivity index (χ0n) is 12.6. The Labute approximate surface area is 124 Å². The van der Waals surface area contributed by atoms with Gasteiger partial charge in [-0.25, -0.2) is 5.43 Å². The molecule has 0 aliphatic rings. The Morgan fingerprint density at radius 2 is 1.81 bits per heavy atom. The molecule has 0 saturated heterocycles. The van der Waals surface area contributed by atoms with E-state index in [1.54, 1.807) is 0 Å². The summed E-state index contributed by atoms with van der Waals surface area (Å²) in [6.45, 7) is 4.09. The number of nitrogens with two attached hydrogens (primary N) is 1. The van der Waals surface area contributed by atoms with Gasteiger partial charge in [0, 0.05) is 18.3 Å². The molecule has 3 aromatic rings. The first kappa shape index (κ1) is 13.8. The van der Waals surface area contributed by atoms with Crippen LogP contribution in [0, 0.1) is 13.8 Å². The summed E-state index contributed by atoms with van der Waals surface area (Å²) in [7, 11) is 1.96. The summed E-state index contributed by atoms with van der Waals surface area (Å²) in [5.41, 5.74) is 7.37. The molecular weight excluding hydrogens is 260 g/mol. The Kier molecular flexibility index (Phi) is 3.49. The predicted molar refractivity (Wildman–Crippen MR) is 85.8 cm³/mol. The average molecular weight is 280 g/mol. The van der Waals surface area contributed by atoms with Crippen LogP contribution >= 0.6 is 0 Å². The van der Waals surface area contributed by atoms with E-state index >= 15 is 0 Å². The monoisotopic (exact) mass is 280 g/mol. The molecule has 0 aliphatic heterocycles. The number of benzene rings is 2. The Morgan fingerprint density at radius 1 is 1.10 bits per heavy atom. The molecule has 3 rings (SSSR count). The van der Waals surface area contributed by atoms with Gasteiger partial charge in [-0.3, -0.25) is 10.5 Å². The fourth-order valence-corrected chi connectivity index (χ4v) is 2.94. The molecule has 0 fully saturated rings. The molecule has 4 nitrogen and oxygen atoms in total. The smallest absolute Gasteiger partial charge is 0.0746 e. The van der Waals surface area contributed by atoms with E-state index in [0.29, 0.717) is 0 Å². The van der Waals surface area contributed by atoms with Gasteiger partial charge in [0.2, 0.25) is 0 Å². The molecule has 0 bridgehead atoms. The summed E-state index contributed by atoms with van der Waals surface area (Å²) in [6, 6.07) is 14.7. The number of aromatic nitrogens is 2. The second kappa shape index (κ2) is 5.31.